The summed E-state index contributed by atoms with van der Waals surface area (Å²) in [5, 5.41) is 6.71. The third-order valence-corrected chi connectivity index (χ3v) is 3.52. The van der Waals surface area contributed by atoms with Crippen LogP contribution >= 0.6 is 0 Å². The highest BCUT2D eigenvalue weighted by Crippen LogP contribution is 2.23. The van der Waals surface area contributed by atoms with Gasteiger partial charge in [-0.3, -0.25) is 4.99 Å². The average molecular weight is 246 g/mol. The van der Waals surface area contributed by atoms with Crippen molar-refractivity contribution in [1.29, 1.82) is 0 Å². The standard InChI is InChI=1S/C14H22N4/c1-3-5-6-12-13(4-2)16-11-17-14(12)18-9-7-15-8-10-18/h1,11,13,15H,4-10H2,2H3,(H,16,17). The molecule has 2 N–H and O–H groups in total. The van der Waals surface area contributed by atoms with Crippen molar-refractivity contribution in [1.82, 2.24) is 15.5 Å². The summed E-state index contributed by atoms with van der Waals surface area (Å²) < 4.78 is 0. The van der Waals surface area contributed by atoms with E-state index in [2.05, 4.69) is 33.4 Å². The van der Waals surface area contributed by atoms with Crippen molar-refractivity contribution in [2.45, 2.75) is 32.2 Å². The maximum Gasteiger partial charge on any atom is 0.108 e. The molecule has 1 atom stereocenters. The van der Waals surface area contributed by atoms with E-state index in [0.717, 1.165) is 45.4 Å². The summed E-state index contributed by atoms with van der Waals surface area (Å²) in [6.07, 6.45) is 10.0. The smallest absolute Gasteiger partial charge is 0.108 e. The zero-order chi connectivity index (χ0) is 12.8. The second-order valence-electron chi connectivity index (χ2n) is 4.66. The van der Waals surface area contributed by atoms with Gasteiger partial charge in [-0.1, -0.05) is 6.92 Å². The van der Waals surface area contributed by atoms with E-state index in [-0.39, 0.29) is 0 Å². The largest absolute Gasteiger partial charge is 0.356 e. The monoisotopic (exact) mass is 246 g/mol. The Labute approximate surface area is 110 Å². The molecule has 1 saturated heterocycles. The molecule has 98 valence electrons. The first-order valence-electron chi connectivity index (χ1n) is 6.77. The SMILES string of the molecule is C#CCCC1=C(N2CCNCC2)NC=NC1CC. The van der Waals surface area contributed by atoms with E-state index < -0.39 is 0 Å². The lowest BCUT2D eigenvalue weighted by Gasteiger charge is -2.35. The van der Waals surface area contributed by atoms with Crippen LogP contribution in [-0.4, -0.2) is 43.5 Å². The van der Waals surface area contributed by atoms with Gasteiger partial charge in [0.15, 0.2) is 0 Å². The molecule has 0 aromatic carbocycles. The third kappa shape index (κ3) is 2.85. The van der Waals surface area contributed by atoms with Crippen molar-refractivity contribution in [2.75, 3.05) is 26.2 Å². The molecule has 0 aliphatic carbocycles. The molecule has 2 heterocycles. The molecule has 0 amide bonds. The Morgan fingerprint density at radius 3 is 2.94 bits per heavy atom. The highest BCUT2D eigenvalue weighted by Gasteiger charge is 2.23. The number of nitrogens with zero attached hydrogens (tertiary/aromatic N) is 2. The number of piperazine rings is 1. The van der Waals surface area contributed by atoms with Gasteiger partial charge < -0.3 is 15.5 Å². The van der Waals surface area contributed by atoms with Crippen LogP contribution in [0.25, 0.3) is 0 Å². The molecule has 1 fully saturated rings. The van der Waals surface area contributed by atoms with E-state index in [9.17, 15) is 0 Å². The number of hydrogen-bond acceptors (Lipinski definition) is 4. The van der Waals surface area contributed by atoms with Crippen molar-refractivity contribution in [2.24, 2.45) is 4.99 Å². The van der Waals surface area contributed by atoms with Gasteiger partial charge in [-0.05, 0) is 18.4 Å². The molecule has 2 aliphatic heterocycles. The van der Waals surface area contributed by atoms with Crippen LogP contribution < -0.4 is 10.6 Å². The zero-order valence-electron chi connectivity index (χ0n) is 11.1. The lowest BCUT2D eigenvalue weighted by Crippen LogP contribution is -2.47. The molecular formula is C14H22N4. The number of aliphatic imine (C=N–C) groups is 1. The molecule has 0 bridgehead atoms. The first kappa shape index (κ1) is 13.0. The maximum atomic E-state index is 5.40. The highest BCUT2D eigenvalue weighted by molar-refractivity contribution is 5.61. The Balaban J connectivity index is 2.18. The number of rotatable bonds is 4. The van der Waals surface area contributed by atoms with Crippen LogP contribution in [-0.2, 0) is 0 Å². The third-order valence-electron chi connectivity index (χ3n) is 3.52. The molecule has 0 aromatic heterocycles. The Hall–Kier alpha value is -1.47. The van der Waals surface area contributed by atoms with Gasteiger partial charge in [-0.25, -0.2) is 0 Å². The van der Waals surface area contributed by atoms with Crippen LogP contribution in [0.4, 0.5) is 0 Å². The molecular weight excluding hydrogens is 224 g/mol. The van der Waals surface area contributed by atoms with Gasteiger partial charge in [-0.2, -0.15) is 0 Å². The molecule has 0 radical (unpaired) electrons. The topological polar surface area (TPSA) is 39.7 Å². The molecule has 0 spiro atoms. The van der Waals surface area contributed by atoms with Crippen LogP contribution in [0.1, 0.15) is 26.2 Å². The first-order chi connectivity index (χ1) is 8.86. The van der Waals surface area contributed by atoms with E-state index in [4.69, 9.17) is 6.42 Å². The number of nitrogens with one attached hydrogen (secondary N) is 2. The Kier molecular flexibility index (Phi) is 4.66. The normalized spacial score (nSPS) is 23.8. The quantitative estimate of drug-likeness (QED) is 0.725. The van der Waals surface area contributed by atoms with E-state index in [1.165, 1.54) is 11.4 Å². The molecule has 4 heteroatoms. The lowest BCUT2D eigenvalue weighted by atomic mass is 9.98. The van der Waals surface area contributed by atoms with Crippen molar-refractivity contribution >= 4 is 6.34 Å². The minimum Gasteiger partial charge on any atom is -0.356 e. The second-order valence-corrected chi connectivity index (χ2v) is 4.66. The van der Waals surface area contributed by atoms with Crippen molar-refractivity contribution in [3.8, 4) is 12.3 Å². The van der Waals surface area contributed by atoms with Crippen molar-refractivity contribution in [3.05, 3.63) is 11.4 Å². The molecule has 0 aromatic rings. The van der Waals surface area contributed by atoms with Crippen LogP contribution in [0.15, 0.2) is 16.4 Å². The fourth-order valence-corrected chi connectivity index (χ4v) is 2.56. The average Bonchev–Trinajstić information content (AvgIpc) is 2.45. The summed E-state index contributed by atoms with van der Waals surface area (Å²) in [5.41, 5.74) is 1.37. The molecule has 2 aliphatic rings. The van der Waals surface area contributed by atoms with Crippen LogP contribution in [0.3, 0.4) is 0 Å². The predicted octanol–water partition coefficient (Wildman–Crippen LogP) is 0.927. The van der Waals surface area contributed by atoms with Gasteiger partial charge in [0.05, 0.1) is 12.4 Å². The summed E-state index contributed by atoms with van der Waals surface area (Å²) in [5.74, 6) is 3.98. The van der Waals surface area contributed by atoms with Gasteiger partial charge >= 0.3 is 0 Å². The fourth-order valence-electron chi connectivity index (χ4n) is 2.56. The Morgan fingerprint density at radius 1 is 1.50 bits per heavy atom. The van der Waals surface area contributed by atoms with Gasteiger partial charge in [-0.15, -0.1) is 12.3 Å². The maximum absolute atomic E-state index is 5.40. The van der Waals surface area contributed by atoms with Crippen LogP contribution in [0.2, 0.25) is 0 Å². The summed E-state index contributed by atoms with van der Waals surface area (Å²) in [4.78, 5) is 6.94. The Morgan fingerprint density at radius 2 is 2.28 bits per heavy atom. The predicted molar refractivity (Wildman–Crippen MR) is 75.2 cm³/mol. The minimum absolute atomic E-state index is 0.296. The minimum atomic E-state index is 0.296. The lowest BCUT2D eigenvalue weighted by molar-refractivity contribution is 0.282. The van der Waals surface area contributed by atoms with Gasteiger partial charge in [0, 0.05) is 32.6 Å². The Bertz CT molecular complexity index is 372. The first-order valence-corrected chi connectivity index (χ1v) is 6.77. The summed E-state index contributed by atoms with van der Waals surface area (Å²) in [7, 11) is 0. The fraction of sp³-hybridized carbons (Fsp3) is 0.643. The van der Waals surface area contributed by atoms with E-state index in [1.54, 1.807) is 0 Å². The summed E-state index contributed by atoms with van der Waals surface area (Å²) in [6, 6.07) is 0.296. The molecule has 0 saturated carbocycles. The molecule has 4 nitrogen and oxygen atoms in total. The summed E-state index contributed by atoms with van der Waals surface area (Å²) >= 11 is 0. The van der Waals surface area contributed by atoms with Gasteiger partial charge in [0.25, 0.3) is 0 Å². The van der Waals surface area contributed by atoms with Crippen LogP contribution in [0.5, 0.6) is 0 Å². The van der Waals surface area contributed by atoms with Crippen molar-refractivity contribution in [3.63, 3.8) is 0 Å². The van der Waals surface area contributed by atoms with E-state index in [0.29, 0.717) is 6.04 Å². The molecule has 1 unspecified atom stereocenters. The van der Waals surface area contributed by atoms with Crippen LogP contribution in [0, 0.1) is 12.3 Å². The zero-order valence-corrected chi connectivity index (χ0v) is 11.1. The highest BCUT2D eigenvalue weighted by atomic mass is 15.3. The van der Waals surface area contributed by atoms with Gasteiger partial charge in [0.2, 0.25) is 0 Å². The van der Waals surface area contributed by atoms with E-state index >= 15 is 0 Å². The van der Waals surface area contributed by atoms with E-state index in [1.807, 2.05) is 6.34 Å². The number of hydrogen-bond donors (Lipinski definition) is 2. The number of terminal acetylenes is 1. The van der Waals surface area contributed by atoms with Gasteiger partial charge in [0.1, 0.15) is 5.82 Å². The molecule has 2 rings (SSSR count). The molecule has 18 heavy (non-hydrogen) atoms. The van der Waals surface area contributed by atoms with Crippen molar-refractivity contribution < 1.29 is 0 Å². The second kappa shape index (κ2) is 6.46. The summed E-state index contributed by atoms with van der Waals surface area (Å²) in [6.45, 7) is 6.36.